The van der Waals surface area contributed by atoms with E-state index in [1.807, 2.05) is 72.8 Å². The Morgan fingerprint density at radius 2 is 1.74 bits per heavy atom. The van der Waals surface area contributed by atoms with Crippen LogP contribution in [-0.2, 0) is 25.7 Å². The van der Waals surface area contributed by atoms with Crippen LogP contribution in [0.15, 0.2) is 72.8 Å². The second-order valence-electron chi connectivity index (χ2n) is 8.68. The van der Waals surface area contributed by atoms with Crippen molar-refractivity contribution in [2.24, 2.45) is 5.92 Å². The first kappa shape index (κ1) is 26.2. The van der Waals surface area contributed by atoms with Crippen LogP contribution in [-0.4, -0.2) is 47.5 Å². The summed E-state index contributed by atoms with van der Waals surface area (Å²) in [5.74, 6) is -1.34. The molecule has 1 aliphatic heterocycles. The highest BCUT2D eigenvalue weighted by Crippen LogP contribution is 2.20. The molecule has 0 aromatic heterocycles. The van der Waals surface area contributed by atoms with Crippen LogP contribution in [0.3, 0.4) is 0 Å². The van der Waals surface area contributed by atoms with Gasteiger partial charge in [-0.2, -0.15) is 0 Å². The number of ether oxygens (including phenoxy) is 1. The fourth-order valence-corrected chi connectivity index (χ4v) is 4.03. The van der Waals surface area contributed by atoms with Crippen LogP contribution in [0.1, 0.15) is 49.3 Å². The molecule has 0 radical (unpaired) electrons. The van der Waals surface area contributed by atoms with Gasteiger partial charge in [-0.05, 0) is 30.4 Å². The average molecular weight is 479 g/mol. The van der Waals surface area contributed by atoms with Crippen LogP contribution in [0.25, 0.3) is 0 Å². The highest BCUT2D eigenvalue weighted by Gasteiger charge is 2.27. The Morgan fingerprint density at radius 3 is 2.46 bits per heavy atom. The third-order valence-electron chi connectivity index (χ3n) is 6.00. The molecule has 186 valence electrons. The van der Waals surface area contributed by atoms with E-state index in [0.717, 1.165) is 11.1 Å². The van der Waals surface area contributed by atoms with Gasteiger partial charge in [-0.3, -0.25) is 14.4 Å². The van der Waals surface area contributed by atoms with Crippen LogP contribution < -0.4 is 5.32 Å². The molecule has 0 unspecified atom stereocenters. The molecule has 1 heterocycles. The predicted molar refractivity (Wildman–Crippen MR) is 133 cm³/mol. The van der Waals surface area contributed by atoms with Gasteiger partial charge in [-0.25, -0.2) is 0 Å². The first-order valence-corrected chi connectivity index (χ1v) is 12.2. The number of aliphatic hydroxyl groups excluding tert-OH is 1. The normalized spacial score (nSPS) is 19.5. The Morgan fingerprint density at radius 1 is 1.03 bits per heavy atom. The number of hydrogen-bond donors (Lipinski definition) is 2. The lowest BCUT2D eigenvalue weighted by Gasteiger charge is -2.26. The molecule has 2 N–H and O–H groups in total. The Bertz CT molecular complexity index is 977. The van der Waals surface area contributed by atoms with Crippen molar-refractivity contribution in [3.63, 3.8) is 0 Å². The lowest BCUT2D eigenvalue weighted by molar-refractivity contribution is -0.145. The fourth-order valence-electron chi connectivity index (χ4n) is 4.03. The number of cyclic esters (lactones) is 1. The summed E-state index contributed by atoms with van der Waals surface area (Å²) in [5.41, 5.74) is 1.79. The first-order chi connectivity index (χ1) is 17.1. The third kappa shape index (κ3) is 8.68. The summed E-state index contributed by atoms with van der Waals surface area (Å²) >= 11 is 0. The van der Waals surface area contributed by atoms with Crippen LogP contribution in [0.4, 0.5) is 0 Å². The van der Waals surface area contributed by atoms with E-state index in [9.17, 15) is 19.5 Å². The Kier molecular flexibility index (Phi) is 10.5. The Hall–Kier alpha value is -3.45. The summed E-state index contributed by atoms with van der Waals surface area (Å²) in [6.07, 6.45) is 5.96. The summed E-state index contributed by atoms with van der Waals surface area (Å²) in [7, 11) is 0. The van der Waals surface area contributed by atoms with Gasteiger partial charge in [-0.1, -0.05) is 72.8 Å². The van der Waals surface area contributed by atoms with Crippen molar-refractivity contribution >= 4 is 17.8 Å². The van der Waals surface area contributed by atoms with Gasteiger partial charge < -0.3 is 20.1 Å². The molecular formula is C28H34N2O5. The number of benzene rings is 2. The number of esters is 1. The summed E-state index contributed by atoms with van der Waals surface area (Å²) in [4.78, 5) is 40.3. The zero-order valence-electron chi connectivity index (χ0n) is 20.0. The molecule has 2 aromatic carbocycles. The molecule has 1 aliphatic rings. The number of nitrogens with one attached hydrogen (secondary N) is 1. The molecule has 0 saturated carbocycles. The van der Waals surface area contributed by atoms with Gasteiger partial charge in [0, 0.05) is 25.9 Å². The smallest absolute Gasteiger partial charge is 0.305 e. The Balaban J connectivity index is 1.77. The maximum absolute atomic E-state index is 13.4. The molecule has 0 saturated heterocycles. The minimum absolute atomic E-state index is 0.0182. The van der Waals surface area contributed by atoms with Crippen LogP contribution in [0.5, 0.6) is 0 Å². The predicted octanol–water partition coefficient (Wildman–Crippen LogP) is 3.54. The molecule has 0 aliphatic carbocycles. The van der Waals surface area contributed by atoms with E-state index < -0.39 is 12.0 Å². The third-order valence-corrected chi connectivity index (χ3v) is 6.00. The summed E-state index contributed by atoms with van der Waals surface area (Å²) in [6.45, 7) is 0.442. The number of rotatable bonds is 7. The minimum atomic E-state index is -0.585. The fraction of sp³-hybridized carbons (Fsp3) is 0.393. The van der Waals surface area contributed by atoms with Gasteiger partial charge in [-0.15, -0.1) is 0 Å². The zero-order valence-corrected chi connectivity index (χ0v) is 20.0. The van der Waals surface area contributed by atoms with Crippen molar-refractivity contribution in [2.75, 3.05) is 19.8 Å². The SMILES string of the molecule is O=C1CCCC=CC[C@H](CC(=O)N(CCO)Cc2ccccc2)C(=O)N[C@H](c2ccccc2)CO1. The lowest BCUT2D eigenvalue weighted by Crippen LogP contribution is -2.40. The Labute approximate surface area is 206 Å². The van der Waals surface area contributed by atoms with Crippen molar-refractivity contribution in [3.05, 3.63) is 83.9 Å². The second-order valence-corrected chi connectivity index (χ2v) is 8.68. The molecular weight excluding hydrogens is 444 g/mol. The number of hydrogen-bond acceptors (Lipinski definition) is 5. The van der Waals surface area contributed by atoms with Gasteiger partial charge in [0.25, 0.3) is 0 Å². The van der Waals surface area contributed by atoms with Crippen LogP contribution in [0.2, 0.25) is 0 Å². The highest BCUT2D eigenvalue weighted by atomic mass is 16.5. The van der Waals surface area contributed by atoms with E-state index in [0.29, 0.717) is 32.2 Å². The molecule has 0 spiro atoms. The number of amides is 2. The van der Waals surface area contributed by atoms with Crippen molar-refractivity contribution in [1.29, 1.82) is 0 Å². The topological polar surface area (TPSA) is 95.9 Å². The van der Waals surface area contributed by atoms with E-state index in [2.05, 4.69) is 5.32 Å². The van der Waals surface area contributed by atoms with Crippen molar-refractivity contribution in [3.8, 4) is 0 Å². The monoisotopic (exact) mass is 478 g/mol. The molecule has 7 nitrogen and oxygen atoms in total. The highest BCUT2D eigenvalue weighted by molar-refractivity contribution is 5.86. The van der Waals surface area contributed by atoms with Gasteiger partial charge in [0.2, 0.25) is 11.8 Å². The summed E-state index contributed by atoms with van der Waals surface area (Å²) < 4.78 is 5.44. The summed E-state index contributed by atoms with van der Waals surface area (Å²) in [6, 6.07) is 18.4. The standard InChI is InChI=1S/C28H34N2O5/c31-18-17-30(20-22-11-5-3-6-12-22)26(32)19-24-15-7-1-2-10-16-27(33)35-21-25(29-28(24)34)23-13-8-4-9-14-23/h1,3-9,11-14,24-25,31H,2,10,15-21H2,(H,29,34)/t24-,25+/m1/s1. The maximum atomic E-state index is 13.4. The van der Waals surface area contributed by atoms with E-state index in [4.69, 9.17) is 4.74 Å². The number of carbonyl (C=O) groups excluding carboxylic acids is 3. The van der Waals surface area contributed by atoms with Crippen LogP contribution in [0, 0.1) is 5.92 Å². The maximum Gasteiger partial charge on any atom is 0.305 e. The number of aliphatic hydroxyl groups is 1. The van der Waals surface area contributed by atoms with E-state index in [1.54, 1.807) is 4.90 Å². The molecule has 2 atom stereocenters. The van der Waals surface area contributed by atoms with Gasteiger partial charge >= 0.3 is 5.97 Å². The van der Waals surface area contributed by atoms with Gasteiger partial charge in [0.1, 0.15) is 6.61 Å². The largest absolute Gasteiger partial charge is 0.463 e. The van der Waals surface area contributed by atoms with Crippen molar-refractivity contribution in [2.45, 2.75) is 44.7 Å². The summed E-state index contributed by atoms with van der Waals surface area (Å²) in [5, 5.41) is 12.5. The second kappa shape index (κ2) is 14.1. The van der Waals surface area contributed by atoms with E-state index in [-0.39, 0.29) is 44.0 Å². The molecule has 7 heteroatoms. The first-order valence-electron chi connectivity index (χ1n) is 12.2. The van der Waals surface area contributed by atoms with Crippen molar-refractivity contribution in [1.82, 2.24) is 10.2 Å². The van der Waals surface area contributed by atoms with Crippen LogP contribution >= 0.6 is 0 Å². The average Bonchev–Trinajstić information content (AvgIpc) is 2.89. The van der Waals surface area contributed by atoms with Gasteiger partial charge in [0.15, 0.2) is 0 Å². The molecule has 2 aromatic rings. The minimum Gasteiger partial charge on any atom is -0.463 e. The quantitative estimate of drug-likeness (QED) is 0.469. The molecule has 35 heavy (non-hydrogen) atoms. The number of carbonyl (C=O) groups is 3. The molecule has 3 rings (SSSR count). The van der Waals surface area contributed by atoms with E-state index >= 15 is 0 Å². The number of nitrogens with zero attached hydrogens (tertiary/aromatic N) is 1. The molecule has 0 fully saturated rings. The zero-order chi connectivity index (χ0) is 24.9. The van der Waals surface area contributed by atoms with Gasteiger partial charge in [0.05, 0.1) is 18.6 Å². The number of allylic oxidation sites excluding steroid dienone is 2. The molecule has 2 amide bonds. The lowest BCUT2D eigenvalue weighted by atomic mass is 9.97. The van der Waals surface area contributed by atoms with Crippen molar-refractivity contribution < 1.29 is 24.2 Å². The van der Waals surface area contributed by atoms with E-state index in [1.165, 1.54) is 0 Å². The molecule has 0 bridgehead atoms.